The van der Waals surface area contributed by atoms with E-state index < -0.39 is 0 Å². The van der Waals surface area contributed by atoms with E-state index in [0.29, 0.717) is 0 Å². The number of nitro benzene ring substituents is 1. The standard InChI is InChI=1S/C15H16N2O3/c1-11(12-4-3-5-14(10-12)17(18)19)16-13-6-8-15(20-2)9-7-13/h3-11,16H,1-2H3. The van der Waals surface area contributed by atoms with E-state index in [-0.39, 0.29) is 16.7 Å². The molecule has 1 N–H and O–H groups in total. The highest BCUT2D eigenvalue weighted by molar-refractivity contribution is 5.49. The number of hydrogen-bond donors (Lipinski definition) is 1. The molecule has 0 amide bonds. The molecule has 5 heteroatoms. The van der Waals surface area contributed by atoms with Crippen LogP contribution in [0.4, 0.5) is 11.4 Å². The first-order chi connectivity index (χ1) is 9.60. The van der Waals surface area contributed by atoms with Crippen LogP contribution in [-0.2, 0) is 0 Å². The molecule has 0 aliphatic carbocycles. The van der Waals surface area contributed by atoms with Crippen LogP contribution in [-0.4, -0.2) is 12.0 Å². The third-order valence-corrected chi connectivity index (χ3v) is 3.05. The molecule has 5 nitrogen and oxygen atoms in total. The van der Waals surface area contributed by atoms with Crippen molar-refractivity contribution in [3.8, 4) is 5.75 Å². The Morgan fingerprint density at radius 1 is 1.20 bits per heavy atom. The van der Waals surface area contributed by atoms with E-state index in [1.807, 2.05) is 37.3 Å². The van der Waals surface area contributed by atoms with Gasteiger partial charge in [-0.3, -0.25) is 10.1 Å². The molecule has 0 spiro atoms. The Hall–Kier alpha value is -2.56. The number of benzene rings is 2. The predicted octanol–water partition coefficient (Wildman–Crippen LogP) is 3.78. The third kappa shape index (κ3) is 3.26. The number of rotatable bonds is 5. The van der Waals surface area contributed by atoms with Crippen molar-refractivity contribution in [3.63, 3.8) is 0 Å². The average Bonchev–Trinajstić information content (AvgIpc) is 2.48. The predicted molar refractivity (Wildman–Crippen MR) is 78.1 cm³/mol. The highest BCUT2D eigenvalue weighted by Gasteiger charge is 2.10. The summed E-state index contributed by atoms with van der Waals surface area (Å²) in [6.07, 6.45) is 0. The van der Waals surface area contributed by atoms with Crippen molar-refractivity contribution in [2.45, 2.75) is 13.0 Å². The number of non-ortho nitro benzene ring substituents is 1. The van der Waals surface area contributed by atoms with Gasteiger partial charge in [0, 0.05) is 23.9 Å². The largest absolute Gasteiger partial charge is 0.497 e. The monoisotopic (exact) mass is 272 g/mol. The highest BCUT2D eigenvalue weighted by atomic mass is 16.6. The third-order valence-electron chi connectivity index (χ3n) is 3.05. The summed E-state index contributed by atoms with van der Waals surface area (Å²) in [5.41, 5.74) is 1.91. The number of nitrogens with one attached hydrogen (secondary N) is 1. The van der Waals surface area contributed by atoms with Crippen LogP contribution in [0.5, 0.6) is 5.75 Å². The molecule has 0 saturated heterocycles. The summed E-state index contributed by atoms with van der Waals surface area (Å²) in [5.74, 6) is 0.790. The Kier molecular flexibility index (Phi) is 4.20. The van der Waals surface area contributed by atoms with Gasteiger partial charge in [0.2, 0.25) is 0 Å². The second-order valence-electron chi connectivity index (χ2n) is 4.45. The van der Waals surface area contributed by atoms with E-state index in [9.17, 15) is 10.1 Å². The molecule has 0 heterocycles. The van der Waals surface area contributed by atoms with Gasteiger partial charge < -0.3 is 10.1 Å². The van der Waals surface area contributed by atoms with Crippen LogP contribution in [0.1, 0.15) is 18.5 Å². The van der Waals surface area contributed by atoms with Crippen molar-refractivity contribution in [2.24, 2.45) is 0 Å². The summed E-state index contributed by atoms with van der Waals surface area (Å²) >= 11 is 0. The fourth-order valence-electron chi connectivity index (χ4n) is 1.93. The molecule has 2 aromatic carbocycles. The summed E-state index contributed by atoms with van der Waals surface area (Å²) in [4.78, 5) is 10.4. The topological polar surface area (TPSA) is 64.4 Å². The average molecular weight is 272 g/mol. The summed E-state index contributed by atoms with van der Waals surface area (Å²) in [6.45, 7) is 1.96. The SMILES string of the molecule is COc1ccc(NC(C)c2cccc([N+](=O)[O-])c2)cc1. The van der Waals surface area contributed by atoms with E-state index in [1.165, 1.54) is 6.07 Å². The lowest BCUT2D eigenvalue weighted by molar-refractivity contribution is -0.384. The van der Waals surface area contributed by atoms with Gasteiger partial charge >= 0.3 is 0 Å². The highest BCUT2D eigenvalue weighted by Crippen LogP contribution is 2.23. The first-order valence-electron chi connectivity index (χ1n) is 6.25. The molecule has 20 heavy (non-hydrogen) atoms. The maximum atomic E-state index is 10.8. The summed E-state index contributed by atoms with van der Waals surface area (Å²) in [6, 6.07) is 14.2. The van der Waals surface area contributed by atoms with Crippen molar-refractivity contribution in [1.82, 2.24) is 0 Å². The lowest BCUT2D eigenvalue weighted by Crippen LogP contribution is -2.06. The molecule has 2 rings (SSSR count). The molecular formula is C15H16N2O3. The van der Waals surface area contributed by atoms with Gasteiger partial charge in [0.05, 0.1) is 12.0 Å². The molecule has 0 aromatic heterocycles. The van der Waals surface area contributed by atoms with Gasteiger partial charge in [-0.05, 0) is 36.8 Å². The molecular weight excluding hydrogens is 256 g/mol. The maximum absolute atomic E-state index is 10.8. The van der Waals surface area contributed by atoms with Crippen LogP contribution in [0, 0.1) is 10.1 Å². The van der Waals surface area contributed by atoms with Gasteiger partial charge in [-0.1, -0.05) is 12.1 Å². The van der Waals surface area contributed by atoms with Crippen molar-refractivity contribution in [1.29, 1.82) is 0 Å². The van der Waals surface area contributed by atoms with Crippen molar-refractivity contribution in [3.05, 3.63) is 64.2 Å². The van der Waals surface area contributed by atoms with E-state index in [0.717, 1.165) is 17.0 Å². The second kappa shape index (κ2) is 6.06. The quantitative estimate of drug-likeness (QED) is 0.664. The Morgan fingerprint density at radius 3 is 2.50 bits per heavy atom. The van der Waals surface area contributed by atoms with Crippen LogP contribution < -0.4 is 10.1 Å². The zero-order chi connectivity index (χ0) is 14.5. The molecule has 0 fully saturated rings. The van der Waals surface area contributed by atoms with Crippen LogP contribution in [0.2, 0.25) is 0 Å². The van der Waals surface area contributed by atoms with Crippen molar-refractivity contribution < 1.29 is 9.66 Å². The van der Waals surface area contributed by atoms with Crippen LogP contribution in [0.3, 0.4) is 0 Å². The lowest BCUT2D eigenvalue weighted by atomic mass is 10.1. The minimum atomic E-state index is -0.385. The Labute approximate surface area is 117 Å². The molecule has 0 aliphatic heterocycles. The number of nitro groups is 1. The maximum Gasteiger partial charge on any atom is 0.269 e. The summed E-state index contributed by atoms with van der Waals surface area (Å²) in [5, 5.41) is 14.1. The molecule has 104 valence electrons. The van der Waals surface area contributed by atoms with E-state index in [1.54, 1.807) is 19.2 Å². The minimum Gasteiger partial charge on any atom is -0.497 e. The number of ether oxygens (including phenoxy) is 1. The number of anilines is 1. The van der Waals surface area contributed by atoms with Gasteiger partial charge in [-0.25, -0.2) is 0 Å². The molecule has 2 aromatic rings. The summed E-state index contributed by atoms with van der Waals surface area (Å²) < 4.78 is 5.10. The van der Waals surface area contributed by atoms with Gasteiger partial charge in [-0.2, -0.15) is 0 Å². The van der Waals surface area contributed by atoms with E-state index in [2.05, 4.69) is 5.32 Å². The van der Waals surface area contributed by atoms with Crippen LogP contribution >= 0.6 is 0 Å². The number of hydrogen-bond acceptors (Lipinski definition) is 4. The number of methoxy groups -OCH3 is 1. The molecule has 0 aliphatic rings. The summed E-state index contributed by atoms with van der Waals surface area (Å²) in [7, 11) is 1.62. The van der Waals surface area contributed by atoms with Gasteiger partial charge in [0.25, 0.3) is 5.69 Å². The van der Waals surface area contributed by atoms with Gasteiger partial charge in [0.15, 0.2) is 0 Å². The Balaban J connectivity index is 2.12. The van der Waals surface area contributed by atoms with E-state index >= 15 is 0 Å². The first kappa shape index (κ1) is 13.9. The van der Waals surface area contributed by atoms with E-state index in [4.69, 9.17) is 4.74 Å². The van der Waals surface area contributed by atoms with Gasteiger partial charge in [-0.15, -0.1) is 0 Å². The van der Waals surface area contributed by atoms with Crippen LogP contribution in [0.25, 0.3) is 0 Å². The molecule has 1 unspecified atom stereocenters. The van der Waals surface area contributed by atoms with Crippen LogP contribution in [0.15, 0.2) is 48.5 Å². The zero-order valence-electron chi connectivity index (χ0n) is 11.4. The fourth-order valence-corrected chi connectivity index (χ4v) is 1.93. The van der Waals surface area contributed by atoms with Gasteiger partial charge in [0.1, 0.15) is 5.75 Å². The minimum absolute atomic E-state index is 0.0247. The smallest absolute Gasteiger partial charge is 0.269 e. The fraction of sp³-hybridized carbons (Fsp3) is 0.200. The molecule has 0 saturated carbocycles. The normalized spacial score (nSPS) is 11.7. The first-order valence-corrected chi connectivity index (χ1v) is 6.25. The number of nitrogens with zero attached hydrogens (tertiary/aromatic N) is 1. The van der Waals surface area contributed by atoms with Crippen molar-refractivity contribution >= 4 is 11.4 Å². The lowest BCUT2D eigenvalue weighted by Gasteiger charge is -2.15. The van der Waals surface area contributed by atoms with Crippen molar-refractivity contribution in [2.75, 3.05) is 12.4 Å². The molecule has 1 atom stereocenters. The Bertz CT molecular complexity index is 596. The second-order valence-corrected chi connectivity index (χ2v) is 4.45. The molecule has 0 bridgehead atoms. The zero-order valence-corrected chi connectivity index (χ0v) is 11.4. The molecule has 0 radical (unpaired) electrons. The Morgan fingerprint density at radius 2 is 1.90 bits per heavy atom.